The number of nitrogens with zero attached hydrogens (tertiary/aromatic N) is 2. The molecule has 4 rings (SSSR count). The van der Waals surface area contributed by atoms with Gasteiger partial charge in [-0.3, -0.25) is 14.5 Å². The number of anilines is 1. The average molecular weight is 376 g/mol. The summed E-state index contributed by atoms with van der Waals surface area (Å²) in [4.78, 5) is 43.9. The maximum Gasteiger partial charge on any atom is 0.340 e. The fourth-order valence-electron chi connectivity index (χ4n) is 3.76. The topological polar surface area (TPSA) is 76.0 Å². The quantitative estimate of drug-likeness (QED) is 0.593. The maximum atomic E-state index is 12.9. The van der Waals surface area contributed by atoms with E-state index in [9.17, 15) is 14.4 Å². The number of hydrogen-bond donors (Lipinski definition) is 0. The van der Waals surface area contributed by atoms with Gasteiger partial charge in [-0.2, -0.15) is 0 Å². The zero-order valence-electron chi connectivity index (χ0n) is 15.5. The molecule has 0 bridgehead atoms. The first kappa shape index (κ1) is 18.1. The summed E-state index contributed by atoms with van der Waals surface area (Å²) in [6, 6.07) is 18.0. The van der Waals surface area contributed by atoms with Gasteiger partial charge in [0.25, 0.3) is 0 Å². The minimum Gasteiger partial charge on any atom is -0.405 e. The summed E-state index contributed by atoms with van der Waals surface area (Å²) in [5, 5.41) is 0. The first-order valence-corrected chi connectivity index (χ1v) is 9.33. The highest BCUT2D eigenvalue weighted by atomic mass is 16.6. The molecule has 0 unspecified atom stereocenters. The van der Waals surface area contributed by atoms with Crippen LogP contribution in [0.2, 0.25) is 0 Å². The van der Waals surface area contributed by atoms with E-state index in [-0.39, 0.29) is 30.6 Å². The molecule has 2 atom stereocenters. The second-order valence-corrected chi connectivity index (χ2v) is 7.07. The van der Waals surface area contributed by atoms with Crippen LogP contribution in [0.25, 0.3) is 0 Å². The van der Waals surface area contributed by atoms with Gasteiger partial charge in [-0.1, -0.05) is 43.3 Å². The van der Waals surface area contributed by atoms with Crippen LogP contribution in [0.1, 0.15) is 31.7 Å². The van der Waals surface area contributed by atoms with Gasteiger partial charge in [0.1, 0.15) is 0 Å². The van der Waals surface area contributed by atoms with Gasteiger partial charge in [0.2, 0.25) is 17.7 Å². The Hall–Kier alpha value is -3.28. The van der Waals surface area contributed by atoms with E-state index in [1.165, 1.54) is 4.90 Å². The van der Waals surface area contributed by atoms with Crippen LogP contribution < -0.4 is 4.90 Å². The third-order valence-electron chi connectivity index (χ3n) is 5.33. The zero-order valence-corrected chi connectivity index (χ0v) is 15.5. The SMILES string of the molecule is CC[C@@]1(C[C@@H]2CC(=O)N(c3ccccc3)C2=O)N=C(c2ccccc2)OC1=O. The molecule has 0 aliphatic carbocycles. The molecule has 6 heteroatoms. The summed E-state index contributed by atoms with van der Waals surface area (Å²) < 4.78 is 5.44. The van der Waals surface area contributed by atoms with Crippen molar-refractivity contribution in [3.63, 3.8) is 0 Å². The van der Waals surface area contributed by atoms with Crippen LogP contribution in [0, 0.1) is 5.92 Å². The second kappa shape index (κ2) is 7.03. The molecule has 142 valence electrons. The van der Waals surface area contributed by atoms with Gasteiger partial charge >= 0.3 is 5.97 Å². The summed E-state index contributed by atoms with van der Waals surface area (Å²) >= 11 is 0. The Morgan fingerprint density at radius 3 is 2.32 bits per heavy atom. The van der Waals surface area contributed by atoms with E-state index >= 15 is 0 Å². The molecule has 28 heavy (non-hydrogen) atoms. The number of esters is 1. The standard InChI is InChI=1S/C22H20N2O4/c1-2-22(21(27)28-19(23-22)15-9-5-3-6-10-15)14-16-13-18(25)24(20(16)26)17-11-7-4-8-12-17/h3-12,16H,2,13-14H2,1H3/t16-,22-/m0/s1. The van der Waals surface area contributed by atoms with E-state index in [0.29, 0.717) is 17.7 Å². The number of hydrogen-bond acceptors (Lipinski definition) is 5. The molecule has 0 spiro atoms. The maximum absolute atomic E-state index is 12.9. The van der Waals surface area contributed by atoms with Crippen LogP contribution >= 0.6 is 0 Å². The van der Waals surface area contributed by atoms with Crippen molar-refractivity contribution in [2.24, 2.45) is 10.9 Å². The number of aliphatic imine (C=N–C) groups is 1. The Balaban J connectivity index is 1.60. The number of ether oxygens (including phenoxy) is 1. The van der Waals surface area contributed by atoms with E-state index in [0.717, 1.165) is 0 Å². The summed E-state index contributed by atoms with van der Waals surface area (Å²) in [5.74, 6) is -1.35. The van der Waals surface area contributed by atoms with Crippen LogP contribution in [0.15, 0.2) is 65.7 Å². The monoisotopic (exact) mass is 376 g/mol. The average Bonchev–Trinajstić information content (AvgIpc) is 3.20. The largest absolute Gasteiger partial charge is 0.405 e. The molecular formula is C22H20N2O4. The van der Waals surface area contributed by atoms with Crippen molar-refractivity contribution in [3.05, 3.63) is 66.2 Å². The Bertz CT molecular complexity index is 955. The summed E-state index contributed by atoms with van der Waals surface area (Å²) in [6.07, 6.45) is 0.622. The van der Waals surface area contributed by atoms with Crippen molar-refractivity contribution in [2.75, 3.05) is 4.90 Å². The predicted molar refractivity (Wildman–Crippen MR) is 104 cm³/mol. The normalized spacial score (nSPS) is 24.5. The number of cyclic esters (lactones) is 1. The molecule has 0 N–H and O–H groups in total. The Kier molecular flexibility index (Phi) is 4.55. The van der Waals surface area contributed by atoms with Crippen LogP contribution in [-0.4, -0.2) is 29.2 Å². The van der Waals surface area contributed by atoms with Crippen molar-refractivity contribution >= 4 is 29.4 Å². The molecule has 2 amide bonds. The highest BCUT2D eigenvalue weighted by molar-refractivity contribution is 6.21. The second-order valence-electron chi connectivity index (χ2n) is 7.07. The lowest BCUT2D eigenvalue weighted by Crippen LogP contribution is -2.38. The minimum atomic E-state index is -1.14. The number of benzene rings is 2. The molecular weight excluding hydrogens is 356 g/mol. The van der Waals surface area contributed by atoms with Crippen LogP contribution in [-0.2, 0) is 19.1 Å². The van der Waals surface area contributed by atoms with Gasteiger partial charge in [0.05, 0.1) is 11.6 Å². The molecule has 6 nitrogen and oxygen atoms in total. The van der Waals surface area contributed by atoms with Crippen LogP contribution in [0.4, 0.5) is 5.69 Å². The van der Waals surface area contributed by atoms with Crippen molar-refractivity contribution in [1.82, 2.24) is 0 Å². The van der Waals surface area contributed by atoms with Crippen LogP contribution in [0.5, 0.6) is 0 Å². The molecule has 0 aromatic heterocycles. The highest BCUT2D eigenvalue weighted by Gasteiger charge is 2.50. The van der Waals surface area contributed by atoms with Gasteiger partial charge in [-0.15, -0.1) is 0 Å². The number of rotatable bonds is 5. The molecule has 2 aliphatic rings. The first-order chi connectivity index (χ1) is 13.5. The van der Waals surface area contributed by atoms with E-state index in [1.54, 1.807) is 24.3 Å². The van der Waals surface area contributed by atoms with Gasteiger partial charge < -0.3 is 4.74 Å². The van der Waals surface area contributed by atoms with E-state index in [2.05, 4.69) is 4.99 Å². The first-order valence-electron chi connectivity index (χ1n) is 9.33. The third kappa shape index (κ3) is 3.01. The minimum absolute atomic E-state index is 0.0684. The lowest BCUT2D eigenvalue weighted by Gasteiger charge is -2.23. The van der Waals surface area contributed by atoms with Crippen molar-refractivity contribution < 1.29 is 19.1 Å². The highest BCUT2D eigenvalue weighted by Crippen LogP contribution is 2.38. The molecule has 0 saturated carbocycles. The third-order valence-corrected chi connectivity index (χ3v) is 5.33. The molecule has 2 heterocycles. The molecule has 2 aromatic rings. The van der Waals surface area contributed by atoms with E-state index in [4.69, 9.17) is 4.74 Å². The molecule has 2 aromatic carbocycles. The summed E-state index contributed by atoms with van der Waals surface area (Å²) in [5.41, 5.74) is 0.123. The number of amides is 2. The summed E-state index contributed by atoms with van der Waals surface area (Å²) in [7, 11) is 0. The zero-order chi connectivity index (χ0) is 19.7. The smallest absolute Gasteiger partial charge is 0.340 e. The van der Waals surface area contributed by atoms with Crippen molar-refractivity contribution in [3.8, 4) is 0 Å². The number of carbonyl (C=O) groups is 3. The van der Waals surface area contributed by atoms with Crippen LogP contribution in [0.3, 0.4) is 0 Å². The molecule has 2 aliphatic heterocycles. The fourth-order valence-corrected chi connectivity index (χ4v) is 3.76. The van der Waals surface area contributed by atoms with E-state index < -0.39 is 17.4 Å². The fraction of sp³-hybridized carbons (Fsp3) is 0.273. The van der Waals surface area contributed by atoms with Gasteiger partial charge in [-0.05, 0) is 37.1 Å². The molecule has 1 saturated heterocycles. The van der Waals surface area contributed by atoms with Crippen molar-refractivity contribution in [2.45, 2.75) is 31.7 Å². The predicted octanol–water partition coefficient (Wildman–Crippen LogP) is 3.11. The molecule has 1 fully saturated rings. The van der Waals surface area contributed by atoms with Gasteiger partial charge in [0.15, 0.2) is 5.54 Å². The number of imide groups is 1. The van der Waals surface area contributed by atoms with Gasteiger partial charge in [0, 0.05) is 12.0 Å². The Morgan fingerprint density at radius 1 is 1.04 bits per heavy atom. The Labute approximate surface area is 162 Å². The van der Waals surface area contributed by atoms with Gasteiger partial charge in [-0.25, -0.2) is 9.79 Å². The van der Waals surface area contributed by atoms with E-state index in [1.807, 2.05) is 43.3 Å². The Morgan fingerprint density at radius 2 is 1.68 bits per heavy atom. The summed E-state index contributed by atoms with van der Waals surface area (Å²) in [6.45, 7) is 1.84. The lowest BCUT2D eigenvalue weighted by atomic mass is 9.85. The lowest BCUT2D eigenvalue weighted by molar-refractivity contribution is -0.140. The number of para-hydroxylation sites is 1. The van der Waals surface area contributed by atoms with Crippen molar-refractivity contribution in [1.29, 1.82) is 0 Å². The molecule has 0 radical (unpaired) electrons. The number of carbonyl (C=O) groups excluding carboxylic acids is 3.